The maximum atomic E-state index is 12.9. The van der Waals surface area contributed by atoms with Gasteiger partial charge in [-0.3, -0.25) is 0 Å². The lowest BCUT2D eigenvalue weighted by Crippen LogP contribution is -2.04. The van der Waals surface area contributed by atoms with Crippen molar-refractivity contribution in [2.75, 3.05) is 7.11 Å². The summed E-state index contributed by atoms with van der Waals surface area (Å²) in [7, 11) is 1.35. The summed E-state index contributed by atoms with van der Waals surface area (Å²) in [6, 6.07) is 2.48. The summed E-state index contributed by atoms with van der Waals surface area (Å²) in [5.41, 5.74) is -0.0330. The van der Waals surface area contributed by atoms with E-state index in [1.165, 1.54) is 26.2 Å². The van der Waals surface area contributed by atoms with Crippen LogP contribution >= 0.6 is 0 Å². The molecule has 0 unspecified atom stereocenters. The summed E-state index contributed by atoms with van der Waals surface area (Å²) in [6.45, 7) is 1.40. The first-order valence-electron chi connectivity index (χ1n) is 3.64. The molecule has 0 bridgehead atoms. The van der Waals surface area contributed by atoms with E-state index in [1.54, 1.807) is 0 Å². The van der Waals surface area contributed by atoms with Gasteiger partial charge in [-0.15, -0.1) is 0 Å². The first-order valence-corrected chi connectivity index (χ1v) is 3.64. The average molecular weight is 184 g/mol. The molecule has 13 heavy (non-hydrogen) atoms. The molecule has 0 aliphatic rings. The molecule has 0 amide bonds. The zero-order chi connectivity index (χ0) is 10.0. The van der Waals surface area contributed by atoms with Crippen LogP contribution in [0.1, 0.15) is 15.9 Å². The molecule has 0 radical (unpaired) electrons. The van der Waals surface area contributed by atoms with Gasteiger partial charge in [-0.05, 0) is 19.1 Å². The minimum Gasteiger partial charge on any atom is -0.496 e. The molecule has 0 saturated carbocycles. The van der Waals surface area contributed by atoms with E-state index in [-0.39, 0.29) is 16.9 Å². The topological polar surface area (TPSA) is 46.5 Å². The van der Waals surface area contributed by atoms with Crippen LogP contribution in [0.3, 0.4) is 0 Å². The van der Waals surface area contributed by atoms with Crippen LogP contribution < -0.4 is 4.74 Å². The molecule has 1 rings (SSSR count). The van der Waals surface area contributed by atoms with Crippen molar-refractivity contribution in [3.63, 3.8) is 0 Å². The van der Waals surface area contributed by atoms with E-state index in [9.17, 15) is 9.18 Å². The Balaban J connectivity index is 3.41. The van der Waals surface area contributed by atoms with Crippen molar-refractivity contribution < 1.29 is 19.0 Å². The second kappa shape index (κ2) is 3.43. The minimum atomic E-state index is -1.19. The number of carbonyl (C=O) groups is 1. The van der Waals surface area contributed by atoms with Gasteiger partial charge in [-0.2, -0.15) is 0 Å². The molecule has 0 aliphatic carbocycles. The third-order valence-corrected chi connectivity index (χ3v) is 1.79. The lowest BCUT2D eigenvalue weighted by Gasteiger charge is -2.07. The Bertz CT molecular complexity index is 347. The van der Waals surface area contributed by atoms with Crippen molar-refractivity contribution in [1.82, 2.24) is 0 Å². The summed E-state index contributed by atoms with van der Waals surface area (Å²) in [5, 5.41) is 8.76. The van der Waals surface area contributed by atoms with Gasteiger partial charge in [-0.25, -0.2) is 9.18 Å². The molecule has 0 saturated heterocycles. The predicted molar refractivity (Wildman–Crippen MR) is 44.6 cm³/mol. The Kier molecular flexibility index (Phi) is 2.51. The van der Waals surface area contributed by atoms with Crippen LogP contribution in [0.25, 0.3) is 0 Å². The van der Waals surface area contributed by atoms with Crippen molar-refractivity contribution in [2.45, 2.75) is 6.92 Å². The van der Waals surface area contributed by atoms with Crippen LogP contribution in [-0.2, 0) is 0 Å². The first-order chi connectivity index (χ1) is 6.07. The van der Waals surface area contributed by atoms with Crippen molar-refractivity contribution in [1.29, 1.82) is 0 Å². The number of rotatable bonds is 2. The zero-order valence-corrected chi connectivity index (χ0v) is 7.30. The number of aromatic carboxylic acids is 1. The summed E-state index contributed by atoms with van der Waals surface area (Å²) >= 11 is 0. The van der Waals surface area contributed by atoms with Crippen LogP contribution in [0.2, 0.25) is 0 Å². The Morgan fingerprint density at radius 2 is 2.15 bits per heavy atom. The SMILES string of the molecule is COc1ccc(F)c(C)c1C(=O)O. The van der Waals surface area contributed by atoms with E-state index in [4.69, 9.17) is 9.84 Å². The van der Waals surface area contributed by atoms with Gasteiger partial charge in [0.1, 0.15) is 17.1 Å². The molecule has 0 heterocycles. The van der Waals surface area contributed by atoms with Gasteiger partial charge in [-0.1, -0.05) is 0 Å². The van der Waals surface area contributed by atoms with E-state index >= 15 is 0 Å². The summed E-state index contributed by atoms with van der Waals surface area (Å²) in [4.78, 5) is 10.7. The molecule has 0 aliphatic heterocycles. The maximum Gasteiger partial charge on any atom is 0.339 e. The maximum absolute atomic E-state index is 12.9. The minimum absolute atomic E-state index is 0.0897. The molecule has 70 valence electrons. The highest BCUT2D eigenvalue weighted by molar-refractivity contribution is 5.92. The molecule has 4 heteroatoms. The summed E-state index contributed by atoms with van der Waals surface area (Å²) in [5.74, 6) is -1.56. The number of benzene rings is 1. The van der Waals surface area contributed by atoms with E-state index in [1.807, 2.05) is 0 Å². The third kappa shape index (κ3) is 1.61. The number of carboxylic acids is 1. The molecular formula is C9H9FO3. The monoisotopic (exact) mass is 184 g/mol. The molecule has 0 fully saturated rings. The largest absolute Gasteiger partial charge is 0.496 e. The van der Waals surface area contributed by atoms with Crippen LogP contribution in [0, 0.1) is 12.7 Å². The lowest BCUT2D eigenvalue weighted by atomic mass is 10.1. The average Bonchev–Trinajstić information content (AvgIpc) is 2.08. The number of methoxy groups -OCH3 is 1. The first kappa shape index (κ1) is 9.51. The Morgan fingerprint density at radius 1 is 1.54 bits per heavy atom. The molecule has 0 aromatic heterocycles. The second-order valence-corrected chi connectivity index (χ2v) is 2.55. The van der Waals surface area contributed by atoms with Gasteiger partial charge in [0.05, 0.1) is 7.11 Å². The van der Waals surface area contributed by atoms with Crippen LogP contribution in [0.4, 0.5) is 4.39 Å². The second-order valence-electron chi connectivity index (χ2n) is 2.55. The molecule has 3 nitrogen and oxygen atoms in total. The van der Waals surface area contributed by atoms with Crippen LogP contribution in [0.15, 0.2) is 12.1 Å². The number of hydrogen-bond donors (Lipinski definition) is 1. The van der Waals surface area contributed by atoms with E-state index in [2.05, 4.69) is 0 Å². The van der Waals surface area contributed by atoms with Gasteiger partial charge in [0.25, 0.3) is 0 Å². The Labute approximate surface area is 74.8 Å². The number of halogens is 1. The number of carboxylic acid groups (broad SMARTS) is 1. The van der Waals surface area contributed by atoms with Gasteiger partial charge < -0.3 is 9.84 Å². The fourth-order valence-corrected chi connectivity index (χ4v) is 1.10. The van der Waals surface area contributed by atoms with Crippen LogP contribution in [-0.4, -0.2) is 18.2 Å². The van der Waals surface area contributed by atoms with Gasteiger partial charge in [0.2, 0.25) is 0 Å². The Hall–Kier alpha value is -1.58. The van der Waals surface area contributed by atoms with Crippen molar-refractivity contribution in [3.8, 4) is 5.75 Å². The zero-order valence-electron chi connectivity index (χ0n) is 7.30. The standard InChI is InChI=1S/C9H9FO3/c1-5-6(10)3-4-7(13-2)8(5)9(11)12/h3-4H,1-2H3,(H,11,12). The van der Waals surface area contributed by atoms with E-state index in [0.29, 0.717) is 0 Å². The highest BCUT2D eigenvalue weighted by Gasteiger charge is 2.16. The normalized spacial score (nSPS) is 9.77. The number of hydrogen-bond acceptors (Lipinski definition) is 2. The fourth-order valence-electron chi connectivity index (χ4n) is 1.10. The number of ether oxygens (including phenoxy) is 1. The van der Waals surface area contributed by atoms with E-state index in [0.717, 1.165) is 0 Å². The smallest absolute Gasteiger partial charge is 0.339 e. The van der Waals surface area contributed by atoms with E-state index < -0.39 is 11.8 Å². The molecule has 0 atom stereocenters. The van der Waals surface area contributed by atoms with Gasteiger partial charge in [0, 0.05) is 5.56 Å². The Morgan fingerprint density at radius 3 is 2.62 bits per heavy atom. The quantitative estimate of drug-likeness (QED) is 0.762. The predicted octanol–water partition coefficient (Wildman–Crippen LogP) is 1.84. The highest BCUT2D eigenvalue weighted by atomic mass is 19.1. The summed E-state index contributed by atoms with van der Waals surface area (Å²) in [6.07, 6.45) is 0. The van der Waals surface area contributed by atoms with Crippen molar-refractivity contribution in [3.05, 3.63) is 29.1 Å². The molecule has 1 aromatic carbocycles. The van der Waals surface area contributed by atoms with Gasteiger partial charge in [0.15, 0.2) is 0 Å². The third-order valence-electron chi connectivity index (χ3n) is 1.79. The molecule has 1 N–H and O–H groups in total. The molecule has 1 aromatic rings. The van der Waals surface area contributed by atoms with Crippen molar-refractivity contribution in [2.24, 2.45) is 0 Å². The summed E-state index contributed by atoms with van der Waals surface area (Å²) < 4.78 is 17.7. The molecular weight excluding hydrogens is 175 g/mol. The molecule has 0 spiro atoms. The lowest BCUT2D eigenvalue weighted by molar-refractivity contribution is 0.0692. The van der Waals surface area contributed by atoms with Gasteiger partial charge >= 0.3 is 5.97 Å². The van der Waals surface area contributed by atoms with Crippen LogP contribution in [0.5, 0.6) is 5.75 Å². The van der Waals surface area contributed by atoms with Crippen molar-refractivity contribution >= 4 is 5.97 Å². The fraction of sp³-hybridized carbons (Fsp3) is 0.222. The highest BCUT2D eigenvalue weighted by Crippen LogP contribution is 2.23.